The molecular weight excluding hydrogens is 971 g/mol. The fraction of sp³-hybridized carbons (Fsp3) is 0.273. The predicted molar refractivity (Wildman–Crippen MR) is 285 cm³/mol. The number of piperidine rings is 1. The highest BCUT2D eigenvalue weighted by molar-refractivity contribution is 6.00. The van der Waals surface area contributed by atoms with Crippen molar-refractivity contribution < 1.29 is 38.5 Å². The lowest BCUT2D eigenvalue weighted by Gasteiger charge is -2.24. The van der Waals surface area contributed by atoms with Gasteiger partial charge in [0.2, 0.25) is 0 Å². The van der Waals surface area contributed by atoms with Crippen LogP contribution in [0.4, 0.5) is 21.2 Å². The number of ether oxygens (including phenoxy) is 3. The van der Waals surface area contributed by atoms with Crippen molar-refractivity contribution in [1.82, 2.24) is 55.3 Å². The van der Waals surface area contributed by atoms with Crippen LogP contribution in [0.2, 0.25) is 0 Å². The van der Waals surface area contributed by atoms with Gasteiger partial charge in [0.05, 0.1) is 23.5 Å². The molecule has 4 aromatic carbocycles. The quantitative estimate of drug-likeness (QED) is 0.0880. The third kappa shape index (κ3) is 11.9. The molecule has 3 saturated heterocycles. The van der Waals surface area contributed by atoms with E-state index in [1.165, 1.54) is 0 Å². The van der Waals surface area contributed by atoms with Crippen LogP contribution in [0, 0.1) is 0 Å². The van der Waals surface area contributed by atoms with E-state index in [4.69, 9.17) is 25.7 Å². The van der Waals surface area contributed by atoms with Crippen LogP contribution in [0.15, 0.2) is 122 Å². The van der Waals surface area contributed by atoms with Crippen molar-refractivity contribution in [3.63, 3.8) is 0 Å². The number of pyridine rings is 2. The summed E-state index contributed by atoms with van der Waals surface area (Å²) >= 11 is 0. The summed E-state index contributed by atoms with van der Waals surface area (Å²) < 4.78 is 20.7. The number of nitrogens with two attached hydrogens (primary N) is 2. The number of nitrogen functional groups attached to an aromatic ring is 2. The molecule has 7 heterocycles. The van der Waals surface area contributed by atoms with Crippen molar-refractivity contribution in [3.8, 4) is 45.3 Å². The molecule has 8 N–H and O–H groups in total. The molecule has 0 saturated carbocycles. The first-order chi connectivity index (χ1) is 36.8. The zero-order chi connectivity index (χ0) is 52.9. The third-order valence-corrected chi connectivity index (χ3v) is 13.5. The average Bonchev–Trinajstić information content (AvgIpc) is 4.27. The first-order valence-corrected chi connectivity index (χ1v) is 24.9. The third-order valence-electron chi connectivity index (χ3n) is 13.5. The number of fused-ring (bicyclic) bond motifs is 2. The van der Waals surface area contributed by atoms with Gasteiger partial charge in [-0.15, -0.1) is 0 Å². The minimum Gasteiger partial charge on any atom is -0.508 e. The number of hydrogen-bond donors (Lipinski definition) is 6. The maximum absolute atomic E-state index is 13.1. The lowest BCUT2D eigenvalue weighted by molar-refractivity contribution is 0.0929. The van der Waals surface area contributed by atoms with Gasteiger partial charge in [0, 0.05) is 99.4 Å². The molecule has 21 nitrogen and oxygen atoms in total. The van der Waals surface area contributed by atoms with Gasteiger partial charge in [-0.1, -0.05) is 24.3 Å². The van der Waals surface area contributed by atoms with E-state index in [-0.39, 0.29) is 58.5 Å². The van der Waals surface area contributed by atoms with Crippen LogP contribution in [0.1, 0.15) is 46.4 Å². The molecule has 0 spiro atoms. The van der Waals surface area contributed by atoms with E-state index in [0.29, 0.717) is 50.5 Å². The molecule has 8 aromatic rings. The predicted octanol–water partition coefficient (Wildman–Crippen LogP) is 6.28. The molecule has 4 amide bonds. The van der Waals surface area contributed by atoms with E-state index < -0.39 is 12.2 Å². The lowest BCUT2D eigenvalue weighted by Crippen LogP contribution is -2.39. The topological polar surface area (TPSA) is 272 Å². The molecule has 3 aliphatic rings. The highest BCUT2D eigenvalue weighted by Gasteiger charge is 2.31. The number of hydrogen-bond acceptors (Lipinski definition) is 15. The van der Waals surface area contributed by atoms with Crippen molar-refractivity contribution in [3.05, 3.63) is 133 Å². The summed E-state index contributed by atoms with van der Waals surface area (Å²) in [5.41, 5.74) is 15.7. The molecule has 2 atom stereocenters. The number of phenols is 1. The number of nitrogens with one attached hydrogen (secondary N) is 3. The number of carbonyl (C=O) groups excluding carboxylic acids is 4. The number of aryl methyl sites for hydroxylation is 2. The largest absolute Gasteiger partial charge is 0.508 e. The Morgan fingerprint density at radius 2 is 1.04 bits per heavy atom. The van der Waals surface area contributed by atoms with Crippen molar-refractivity contribution in [2.24, 2.45) is 14.1 Å². The number of aromatic hydroxyl groups is 1. The van der Waals surface area contributed by atoms with Gasteiger partial charge < -0.3 is 56.5 Å². The lowest BCUT2D eigenvalue weighted by atomic mass is 10.1. The maximum Gasteiger partial charge on any atom is 0.415 e. The Balaban J connectivity index is 0.000000175. The molecule has 0 aliphatic carbocycles. The van der Waals surface area contributed by atoms with Gasteiger partial charge in [-0.2, -0.15) is 10.2 Å². The minimum absolute atomic E-state index is 0.131. The monoisotopic (exact) mass is 1030 g/mol. The van der Waals surface area contributed by atoms with Crippen LogP contribution in [-0.2, 0) is 14.1 Å². The van der Waals surface area contributed by atoms with Crippen molar-refractivity contribution in [1.29, 1.82) is 0 Å². The summed E-state index contributed by atoms with van der Waals surface area (Å²) in [7, 11) is 3.63. The van der Waals surface area contributed by atoms with E-state index in [0.717, 1.165) is 75.5 Å². The van der Waals surface area contributed by atoms with Crippen LogP contribution in [0.25, 0.3) is 43.8 Å². The molecule has 11 rings (SSSR count). The summed E-state index contributed by atoms with van der Waals surface area (Å²) in [4.78, 5) is 63.1. The number of amides is 4. The second kappa shape index (κ2) is 22.1. The molecule has 3 aliphatic heterocycles. The molecule has 0 radical (unpaired) electrons. The average molecular weight is 1030 g/mol. The Kier molecular flexibility index (Phi) is 14.6. The molecule has 0 bridgehead atoms. The SMILES string of the molecule is Cn1cc(-c2cnc(N)c(C(=O)N[C@@H]3CCN(C(=O)Oc4ccc5ccc(O)cc5c4)C3)c2)cn1.Cn1cc(-c2cnc(N)c(C(=O)N[C@@H]3CCN(C(=O)Oc4ccc5ccc(OC6CCNCC6)cc5c4)C3)c2)cn1. The van der Waals surface area contributed by atoms with Crippen LogP contribution in [0.3, 0.4) is 0 Å². The van der Waals surface area contributed by atoms with Crippen molar-refractivity contribution >= 4 is 57.2 Å². The van der Waals surface area contributed by atoms with Gasteiger partial charge in [-0.3, -0.25) is 19.0 Å². The highest BCUT2D eigenvalue weighted by Crippen LogP contribution is 2.29. The summed E-state index contributed by atoms with van der Waals surface area (Å²) in [6.45, 7) is 3.49. The second-order valence-corrected chi connectivity index (χ2v) is 19.1. The van der Waals surface area contributed by atoms with Gasteiger partial charge >= 0.3 is 12.2 Å². The summed E-state index contributed by atoms with van der Waals surface area (Å²) in [5, 5.41) is 30.9. The fourth-order valence-corrected chi connectivity index (χ4v) is 9.44. The molecular formula is C55H57N13O8. The molecule has 76 heavy (non-hydrogen) atoms. The van der Waals surface area contributed by atoms with Gasteiger partial charge in [0.25, 0.3) is 11.8 Å². The normalized spacial score (nSPS) is 16.5. The van der Waals surface area contributed by atoms with Crippen LogP contribution in [-0.4, -0.2) is 126 Å². The minimum atomic E-state index is -0.499. The summed E-state index contributed by atoms with van der Waals surface area (Å²) in [6, 6.07) is 24.7. The Bertz CT molecular complexity index is 3460. The smallest absolute Gasteiger partial charge is 0.415 e. The van der Waals surface area contributed by atoms with Crippen LogP contribution < -0.4 is 41.6 Å². The number of rotatable bonds is 10. The van der Waals surface area contributed by atoms with E-state index >= 15 is 0 Å². The second-order valence-electron chi connectivity index (χ2n) is 19.1. The molecule has 21 heteroatoms. The van der Waals surface area contributed by atoms with Crippen LogP contribution in [0.5, 0.6) is 23.0 Å². The first kappa shape index (κ1) is 50.3. The number of phenolic OH excluding ortho intramolecular Hbond substituents is 1. The van der Waals surface area contributed by atoms with E-state index in [1.807, 2.05) is 62.9 Å². The summed E-state index contributed by atoms with van der Waals surface area (Å²) in [5.74, 6) is 1.38. The van der Waals surface area contributed by atoms with E-state index in [2.05, 4.69) is 36.1 Å². The molecule has 3 fully saturated rings. The Morgan fingerprint density at radius 1 is 0.579 bits per heavy atom. The zero-order valence-electron chi connectivity index (χ0n) is 41.9. The number of benzene rings is 4. The van der Waals surface area contributed by atoms with Gasteiger partial charge in [-0.05, 0) is 121 Å². The fourth-order valence-electron chi connectivity index (χ4n) is 9.44. The van der Waals surface area contributed by atoms with E-state index in [9.17, 15) is 24.3 Å². The Morgan fingerprint density at radius 3 is 1.53 bits per heavy atom. The Hall–Kier alpha value is -9.24. The standard InChI is InChI=1S/C30H33N7O4.C25H24N6O4/c1-36-17-22(16-34-36)21-14-27(28(31)33-15-21)29(38)35-23-8-11-37(18-23)30(39)41-26-5-3-19-2-4-25(12-20(19)13-26)40-24-6-9-32-10-7-24;1-30-13-18(12-28-30)17-10-22(23(26)27-11-17)24(33)29-19-6-7-31(14-19)25(34)35-21-5-3-15-2-4-20(32)8-16(15)9-21/h2-5,12-17,23-24,32H,6-11,18H2,1H3,(H2,31,33)(H,35,38);2-5,8-13,19,32H,6-7,14H2,1H3,(H2,26,27)(H,29,33)/t23-;19-/m11/s1. The molecule has 0 unspecified atom stereocenters. The molecule has 390 valence electrons. The number of aromatic nitrogens is 6. The first-order valence-electron chi connectivity index (χ1n) is 24.9. The summed E-state index contributed by atoms with van der Waals surface area (Å²) in [6.07, 6.45) is 12.7. The van der Waals surface area contributed by atoms with Gasteiger partial charge in [0.1, 0.15) is 40.7 Å². The number of anilines is 2. The number of likely N-dealkylation sites (tertiary alicyclic amines) is 2. The van der Waals surface area contributed by atoms with Gasteiger partial charge in [-0.25, -0.2) is 19.6 Å². The highest BCUT2D eigenvalue weighted by atomic mass is 16.6. The van der Waals surface area contributed by atoms with Gasteiger partial charge in [0.15, 0.2) is 0 Å². The Labute approximate surface area is 436 Å². The number of carbonyl (C=O) groups is 4. The van der Waals surface area contributed by atoms with Crippen molar-refractivity contribution in [2.75, 3.05) is 50.7 Å². The van der Waals surface area contributed by atoms with E-state index in [1.54, 1.807) is 92.5 Å². The van der Waals surface area contributed by atoms with Crippen LogP contribution >= 0.6 is 0 Å². The maximum atomic E-state index is 13.1. The zero-order valence-corrected chi connectivity index (χ0v) is 41.9. The number of nitrogens with zero attached hydrogens (tertiary/aromatic N) is 8. The van der Waals surface area contributed by atoms with Crippen molar-refractivity contribution in [2.45, 2.75) is 43.9 Å². The molecule has 4 aromatic heterocycles.